The van der Waals surface area contributed by atoms with Crippen LogP contribution in [0.4, 0.5) is 0 Å². The number of ether oxygens (including phenoxy) is 1. The van der Waals surface area contributed by atoms with Crippen molar-refractivity contribution in [3.05, 3.63) is 47.4 Å². The first kappa shape index (κ1) is 18.6. The molecule has 0 bridgehead atoms. The van der Waals surface area contributed by atoms with Gasteiger partial charge in [0.2, 0.25) is 0 Å². The number of aliphatic hydroxyl groups is 1. The molecule has 3 aromatic rings. The van der Waals surface area contributed by atoms with E-state index in [1.165, 1.54) is 0 Å². The van der Waals surface area contributed by atoms with Crippen molar-refractivity contribution in [2.75, 3.05) is 13.7 Å². The third-order valence-corrected chi connectivity index (χ3v) is 5.27. The number of hydrogen-bond acceptors (Lipinski definition) is 6. The zero-order chi connectivity index (χ0) is 19.7. The van der Waals surface area contributed by atoms with Gasteiger partial charge in [-0.2, -0.15) is 0 Å². The molecular weight excluding hydrogens is 360 g/mol. The van der Waals surface area contributed by atoms with Crippen LogP contribution in [0.1, 0.15) is 46.5 Å². The van der Waals surface area contributed by atoms with Gasteiger partial charge in [0.05, 0.1) is 6.61 Å². The summed E-state index contributed by atoms with van der Waals surface area (Å²) in [7, 11) is 1.64. The second kappa shape index (κ2) is 7.69. The fraction of sp³-hybridized carbons (Fsp3) is 0.474. The van der Waals surface area contributed by atoms with Crippen molar-refractivity contribution in [2.45, 2.75) is 44.9 Å². The van der Waals surface area contributed by atoms with Gasteiger partial charge >= 0.3 is 0 Å². The van der Waals surface area contributed by atoms with Gasteiger partial charge in [0, 0.05) is 38.0 Å². The molecule has 0 aliphatic heterocycles. The van der Waals surface area contributed by atoms with Crippen LogP contribution >= 0.6 is 0 Å². The monoisotopic (exact) mass is 384 g/mol. The maximum atomic E-state index is 12.6. The highest BCUT2D eigenvalue weighted by Crippen LogP contribution is 2.36. The lowest BCUT2D eigenvalue weighted by Crippen LogP contribution is -2.44. The third-order valence-electron chi connectivity index (χ3n) is 5.27. The van der Waals surface area contributed by atoms with E-state index in [2.05, 4.69) is 20.5 Å². The Morgan fingerprint density at radius 2 is 2.21 bits per heavy atom. The molecule has 148 valence electrons. The Hall–Kier alpha value is -2.78. The van der Waals surface area contributed by atoms with Crippen molar-refractivity contribution in [2.24, 2.45) is 0 Å². The van der Waals surface area contributed by atoms with Crippen molar-refractivity contribution in [3.63, 3.8) is 0 Å². The number of hydrogen-bond donors (Lipinski definition) is 2. The van der Waals surface area contributed by atoms with Crippen LogP contribution in [-0.2, 0) is 17.9 Å². The predicted molar refractivity (Wildman–Crippen MR) is 101 cm³/mol. The molecular formula is C19H24N6O3. The molecule has 0 saturated heterocycles. The van der Waals surface area contributed by atoms with Gasteiger partial charge in [0.1, 0.15) is 23.8 Å². The minimum absolute atomic E-state index is 0.0774. The second-order valence-corrected chi connectivity index (χ2v) is 7.16. The topological polar surface area (TPSA) is 107 Å². The van der Waals surface area contributed by atoms with E-state index in [0.29, 0.717) is 24.7 Å². The number of aliphatic hydroxyl groups excluding tert-OH is 1. The maximum absolute atomic E-state index is 12.6. The molecule has 2 N–H and O–H groups in total. The number of nitrogens with one attached hydrogen (secondary N) is 1. The van der Waals surface area contributed by atoms with Crippen LogP contribution in [0.15, 0.2) is 24.5 Å². The first-order valence-corrected chi connectivity index (χ1v) is 9.37. The summed E-state index contributed by atoms with van der Waals surface area (Å²) in [5.41, 5.74) is 2.24. The fourth-order valence-electron chi connectivity index (χ4n) is 3.66. The lowest BCUT2D eigenvalue weighted by Gasteiger charge is -2.35. The predicted octanol–water partition coefficient (Wildman–Crippen LogP) is 1.05. The quantitative estimate of drug-likeness (QED) is 0.631. The van der Waals surface area contributed by atoms with E-state index >= 15 is 0 Å². The van der Waals surface area contributed by atoms with Crippen molar-refractivity contribution in [3.8, 4) is 0 Å². The van der Waals surface area contributed by atoms with Crippen molar-refractivity contribution >= 4 is 11.6 Å². The van der Waals surface area contributed by atoms with Crippen LogP contribution in [0.25, 0.3) is 5.65 Å². The standard InChI is InChI=1S/C19H24N6O3/c1-12-4-3-5-24-10-15(21-17(12)24)19(27)20-14-8-13(9-14)18-23-22-16(11-26)25(18)6-7-28-2/h3-5,10,13-14,26H,6-9,11H2,1-2H3,(H,20,27). The van der Waals surface area contributed by atoms with Gasteiger partial charge < -0.3 is 24.1 Å². The van der Waals surface area contributed by atoms with Gasteiger partial charge in [-0.15, -0.1) is 10.2 Å². The number of nitrogens with zero attached hydrogens (tertiary/aromatic N) is 5. The summed E-state index contributed by atoms with van der Waals surface area (Å²) < 4.78 is 8.91. The molecule has 0 radical (unpaired) electrons. The van der Waals surface area contributed by atoms with Gasteiger partial charge in [-0.25, -0.2) is 4.98 Å². The number of methoxy groups -OCH3 is 1. The van der Waals surface area contributed by atoms with Crippen LogP contribution < -0.4 is 5.32 Å². The smallest absolute Gasteiger partial charge is 0.271 e. The Balaban J connectivity index is 1.39. The van der Waals surface area contributed by atoms with E-state index in [-0.39, 0.29) is 24.5 Å². The Bertz CT molecular complexity index is 989. The maximum Gasteiger partial charge on any atom is 0.271 e. The minimum Gasteiger partial charge on any atom is -0.388 e. The number of fused-ring (bicyclic) bond motifs is 1. The zero-order valence-electron chi connectivity index (χ0n) is 16.0. The molecule has 1 amide bonds. The molecule has 28 heavy (non-hydrogen) atoms. The van der Waals surface area contributed by atoms with Crippen LogP contribution in [0.3, 0.4) is 0 Å². The number of carbonyl (C=O) groups excluding carboxylic acids is 1. The van der Waals surface area contributed by atoms with E-state index in [9.17, 15) is 9.90 Å². The normalized spacial score (nSPS) is 19.0. The second-order valence-electron chi connectivity index (χ2n) is 7.16. The molecule has 1 aliphatic rings. The first-order chi connectivity index (χ1) is 13.6. The largest absolute Gasteiger partial charge is 0.388 e. The summed E-state index contributed by atoms with van der Waals surface area (Å²) in [6, 6.07) is 3.98. The Kier molecular flexibility index (Phi) is 5.10. The summed E-state index contributed by atoms with van der Waals surface area (Å²) in [4.78, 5) is 17.0. The summed E-state index contributed by atoms with van der Waals surface area (Å²) >= 11 is 0. The Morgan fingerprint density at radius 3 is 2.93 bits per heavy atom. The Morgan fingerprint density at radius 1 is 1.39 bits per heavy atom. The Labute approximate surface area is 162 Å². The number of aromatic nitrogens is 5. The molecule has 9 nitrogen and oxygen atoms in total. The summed E-state index contributed by atoms with van der Waals surface area (Å²) in [6.07, 6.45) is 5.21. The third kappa shape index (κ3) is 3.38. The number of carbonyl (C=O) groups is 1. The van der Waals surface area contributed by atoms with Crippen LogP contribution in [-0.4, -0.2) is 54.9 Å². The molecule has 0 unspecified atom stereocenters. The highest BCUT2D eigenvalue weighted by molar-refractivity contribution is 5.93. The zero-order valence-corrected chi connectivity index (χ0v) is 16.0. The molecule has 0 spiro atoms. The van der Waals surface area contributed by atoms with E-state index in [1.807, 2.05) is 34.2 Å². The molecule has 0 aromatic carbocycles. The highest BCUT2D eigenvalue weighted by Gasteiger charge is 2.35. The number of aryl methyl sites for hydroxylation is 1. The molecule has 3 heterocycles. The van der Waals surface area contributed by atoms with Crippen LogP contribution in [0, 0.1) is 6.92 Å². The van der Waals surface area contributed by atoms with E-state index in [1.54, 1.807) is 13.3 Å². The van der Waals surface area contributed by atoms with Crippen molar-refractivity contribution < 1.29 is 14.6 Å². The molecule has 9 heteroatoms. The number of rotatable bonds is 7. The number of imidazole rings is 1. The van der Waals surface area contributed by atoms with Gasteiger partial charge in [-0.3, -0.25) is 4.79 Å². The van der Waals surface area contributed by atoms with Gasteiger partial charge in [-0.1, -0.05) is 6.07 Å². The average Bonchev–Trinajstić information content (AvgIpc) is 3.27. The molecule has 1 fully saturated rings. The first-order valence-electron chi connectivity index (χ1n) is 9.37. The number of pyridine rings is 1. The van der Waals surface area contributed by atoms with Gasteiger partial charge in [0.15, 0.2) is 5.82 Å². The molecule has 1 saturated carbocycles. The SMILES string of the molecule is COCCn1c(CO)nnc1C1CC(NC(=O)c2cn3cccc(C)c3n2)C1. The molecule has 1 aliphatic carbocycles. The lowest BCUT2D eigenvalue weighted by molar-refractivity contribution is 0.0901. The van der Waals surface area contributed by atoms with Gasteiger partial charge in [0.25, 0.3) is 5.91 Å². The average molecular weight is 384 g/mol. The fourth-order valence-corrected chi connectivity index (χ4v) is 3.66. The van der Waals surface area contributed by atoms with Crippen molar-refractivity contribution in [1.82, 2.24) is 29.5 Å². The van der Waals surface area contributed by atoms with Crippen LogP contribution in [0.2, 0.25) is 0 Å². The van der Waals surface area contributed by atoms with Crippen molar-refractivity contribution in [1.29, 1.82) is 0 Å². The number of amides is 1. The molecule has 0 atom stereocenters. The molecule has 3 aromatic heterocycles. The molecule has 4 rings (SSSR count). The minimum atomic E-state index is -0.163. The summed E-state index contributed by atoms with van der Waals surface area (Å²) in [6.45, 7) is 2.94. The summed E-state index contributed by atoms with van der Waals surface area (Å²) in [5, 5.41) is 20.8. The van der Waals surface area contributed by atoms with E-state index in [4.69, 9.17) is 4.74 Å². The summed E-state index contributed by atoms with van der Waals surface area (Å²) in [5.74, 6) is 1.43. The van der Waals surface area contributed by atoms with E-state index < -0.39 is 0 Å². The lowest BCUT2D eigenvalue weighted by atomic mass is 9.79. The van der Waals surface area contributed by atoms with E-state index in [0.717, 1.165) is 29.9 Å². The van der Waals surface area contributed by atoms with Gasteiger partial charge in [-0.05, 0) is 31.4 Å². The highest BCUT2D eigenvalue weighted by atomic mass is 16.5. The van der Waals surface area contributed by atoms with Crippen LogP contribution in [0.5, 0.6) is 0 Å².